The van der Waals surface area contributed by atoms with E-state index in [1.165, 1.54) is 0 Å². The first-order valence-electron chi connectivity index (χ1n) is 2.61. The third-order valence-electron chi connectivity index (χ3n) is 0.804. The van der Waals surface area contributed by atoms with Crippen LogP contribution in [0.15, 0.2) is 24.3 Å². The van der Waals surface area contributed by atoms with Gasteiger partial charge in [0.05, 0.1) is 0 Å². The minimum Gasteiger partial charge on any atom is -0.274 e. The number of rotatable bonds is 0. The van der Waals surface area contributed by atoms with Gasteiger partial charge in [-0.05, 0) is 24.3 Å². The summed E-state index contributed by atoms with van der Waals surface area (Å²) in [5, 5.41) is 1.43. The summed E-state index contributed by atoms with van der Waals surface area (Å²) in [4.78, 5) is 0. The quantitative estimate of drug-likeness (QED) is 0.612. The van der Waals surface area contributed by atoms with Gasteiger partial charge in [0.2, 0.25) is 0 Å². The molecule has 0 radical (unpaired) electrons. The number of halogens is 2. The molecule has 2 nitrogen and oxygen atoms in total. The van der Waals surface area contributed by atoms with E-state index in [9.17, 15) is 0 Å². The minimum atomic E-state index is -1.42. The Morgan fingerprint density at radius 1 is 0.909 bits per heavy atom. The van der Waals surface area contributed by atoms with Gasteiger partial charge in [-0.1, -0.05) is 23.2 Å². The Morgan fingerprint density at radius 2 is 1.09 bits per heavy atom. The summed E-state index contributed by atoms with van der Waals surface area (Å²) in [6.45, 7) is 0. The first-order valence-corrected chi connectivity index (χ1v) is 4.18. The van der Waals surface area contributed by atoms with Crippen LogP contribution in [-0.2, 0) is 8.92 Å². The lowest BCUT2D eigenvalue weighted by molar-refractivity contribution is 0.497. The lowest BCUT2D eigenvalue weighted by Gasteiger charge is -1.86. The highest BCUT2D eigenvalue weighted by Gasteiger charge is 1.83. The fourth-order valence-electron chi connectivity index (χ4n) is 0.430. The minimum absolute atomic E-state index is 0.717. The third-order valence-corrected chi connectivity index (χ3v) is 1.31. The maximum Gasteiger partial charge on any atom is 0.549 e. The molecule has 0 saturated carbocycles. The van der Waals surface area contributed by atoms with Gasteiger partial charge >= 0.3 is 9.29 Å². The largest absolute Gasteiger partial charge is 0.549 e. The van der Waals surface area contributed by atoms with Gasteiger partial charge in [-0.2, -0.15) is 0 Å². The lowest BCUT2D eigenvalue weighted by Crippen LogP contribution is -1.60. The van der Waals surface area contributed by atoms with Crippen molar-refractivity contribution in [3.8, 4) is 0 Å². The molecular formula is C6H4Cl2O2Si. The molecule has 0 spiro atoms. The second-order valence-corrected chi connectivity index (χ2v) is 2.56. The van der Waals surface area contributed by atoms with E-state index >= 15 is 0 Å². The van der Waals surface area contributed by atoms with Gasteiger partial charge in [-0.15, -0.1) is 0 Å². The van der Waals surface area contributed by atoms with Crippen molar-refractivity contribution in [2.75, 3.05) is 0 Å². The van der Waals surface area contributed by atoms with Crippen LogP contribution in [0.25, 0.3) is 0 Å². The van der Waals surface area contributed by atoms with Crippen LogP contribution in [-0.4, -0.2) is 9.29 Å². The molecule has 0 aliphatic rings. The summed E-state index contributed by atoms with van der Waals surface area (Å²) in [5.74, 6) is 0. The molecule has 0 aromatic heterocycles. The third kappa shape index (κ3) is 6.03. The summed E-state index contributed by atoms with van der Waals surface area (Å²) in [6, 6.07) is 7.02. The second-order valence-electron chi connectivity index (χ2n) is 1.52. The van der Waals surface area contributed by atoms with Crippen LogP contribution in [0.1, 0.15) is 0 Å². The molecule has 0 N–H and O–H groups in total. The van der Waals surface area contributed by atoms with Crippen molar-refractivity contribution >= 4 is 32.5 Å². The van der Waals surface area contributed by atoms with Crippen LogP contribution in [0, 0.1) is 0 Å². The molecule has 0 aliphatic carbocycles. The highest BCUT2D eigenvalue weighted by molar-refractivity contribution is 6.32. The molecule has 0 atom stereocenters. The monoisotopic (exact) mass is 206 g/mol. The van der Waals surface area contributed by atoms with Gasteiger partial charge < -0.3 is 0 Å². The van der Waals surface area contributed by atoms with Gasteiger partial charge in [-0.3, -0.25) is 8.92 Å². The zero-order chi connectivity index (χ0) is 8.69. The summed E-state index contributed by atoms with van der Waals surface area (Å²) in [7, 11) is -1.42. The summed E-state index contributed by atoms with van der Waals surface area (Å²) >= 11 is 11.1. The van der Waals surface area contributed by atoms with E-state index in [4.69, 9.17) is 32.1 Å². The second kappa shape index (κ2) is 6.33. The maximum atomic E-state index is 8.40. The number of hydrogen-bond acceptors (Lipinski definition) is 2. The Morgan fingerprint density at radius 3 is 1.27 bits per heavy atom. The van der Waals surface area contributed by atoms with Crippen LogP contribution < -0.4 is 0 Å². The van der Waals surface area contributed by atoms with Gasteiger partial charge in [0.1, 0.15) is 0 Å². The van der Waals surface area contributed by atoms with Crippen molar-refractivity contribution in [2.45, 2.75) is 0 Å². The van der Waals surface area contributed by atoms with E-state index in [2.05, 4.69) is 0 Å². The van der Waals surface area contributed by atoms with Crippen LogP contribution in [0.3, 0.4) is 0 Å². The molecule has 0 fully saturated rings. The Kier molecular flexibility index (Phi) is 6.11. The van der Waals surface area contributed by atoms with Gasteiger partial charge in [0.25, 0.3) is 0 Å². The van der Waals surface area contributed by atoms with Crippen LogP contribution in [0.2, 0.25) is 10.0 Å². The highest BCUT2D eigenvalue weighted by atomic mass is 35.5. The fourth-order valence-corrected chi connectivity index (χ4v) is 0.682. The topological polar surface area (TPSA) is 34.1 Å². The van der Waals surface area contributed by atoms with Crippen molar-refractivity contribution in [3.05, 3.63) is 34.3 Å². The van der Waals surface area contributed by atoms with Crippen molar-refractivity contribution in [3.63, 3.8) is 0 Å². The van der Waals surface area contributed by atoms with Gasteiger partial charge in [0, 0.05) is 10.0 Å². The van der Waals surface area contributed by atoms with Gasteiger partial charge in [0.15, 0.2) is 0 Å². The Bertz CT molecular complexity index is 220. The molecule has 0 saturated heterocycles. The molecule has 0 amide bonds. The predicted molar refractivity (Wildman–Crippen MR) is 43.6 cm³/mol. The zero-order valence-electron chi connectivity index (χ0n) is 5.38. The predicted octanol–water partition coefficient (Wildman–Crippen LogP) is 2.38. The van der Waals surface area contributed by atoms with E-state index in [0.29, 0.717) is 0 Å². The van der Waals surface area contributed by atoms with E-state index in [1.54, 1.807) is 24.3 Å². The molecule has 0 heterocycles. The van der Waals surface area contributed by atoms with Crippen molar-refractivity contribution < 1.29 is 8.92 Å². The first-order chi connectivity index (χ1) is 5.20. The van der Waals surface area contributed by atoms with E-state index in [1.807, 2.05) is 0 Å². The fraction of sp³-hybridized carbons (Fsp3) is 0. The SMILES string of the molecule is Clc1ccc(Cl)cc1.O=[Si]=O. The van der Waals surface area contributed by atoms with E-state index < -0.39 is 9.29 Å². The van der Waals surface area contributed by atoms with Crippen LogP contribution >= 0.6 is 23.2 Å². The van der Waals surface area contributed by atoms with Gasteiger partial charge in [-0.25, -0.2) is 0 Å². The molecule has 0 unspecified atom stereocenters. The van der Waals surface area contributed by atoms with Crippen molar-refractivity contribution in [1.29, 1.82) is 0 Å². The average Bonchev–Trinajstić information content (AvgIpc) is 1.97. The number of hydrogen-bond donors (Lipinski definition) is 0. The van der Waals surface area contributed by atoms with E-state index in [0.717, 1.165) is 10.0 Å². The molecule has 1 rings (SSSR count). The average molecular weight is 207 g/mol. The van der Waals surface area contributed by atoms with Crippen molar-refractivity contribution in [1.82, 2.24) is 0 Å². The summed E-state index contributed by atoms with van der Waals surface area (Å²) in [6.07, 6.45) is 0. The van der Waals surface area contributed by atoms with E-state index in [-0.39, 0.29) is 0 Å². The standard InChI is InChI=1S/C6H4Cl2.O2Si/c7-5-1-2-6(8)4-3-5;1-3-2/h1-4H;. The molecular weight excluding hydrogens is 203 g/mol. The van der Waals surface area contributed by atoms with Crippen molar-refractivity contribution in [2.24, 2.45) is 0 Å². The molecule has 5 heteroatoms. The Balaban J connectivity index is 0.000000292. The lowest BCUT2D eigenvalue weighted by atomic mass is 10.4. The summed E-state index contributed by atoms with van der Waals surface area (Å²) < 4.78 is 16.8. The molecule has 0 aliphatic heterocycles. The first kappa shape index (κ1) is 10.6. The Labute approximate surface area is 76.1 Å². The Hall–Kier alpha value is -0.383. The highest BCUT2D eigenvalue weighted by Crippen LogP contribution is 2.12. The molecule has 11 heavy (non-hydrogen) atoms. The normalized spacial score (nSPS) is 7.45. The molecule has 0 bridgehead atoms. The zero-order valence-corrected chi connectivity index (χ0v) is 7.89. The smallest absolute Gasteiger partial charge is 0.274 e. The number of benzene rings is 1. The molecule has 58 valence electrons. The molecule has 1 aromatic rings. The summed E-state index contributed by atoms with van der Waals surface area (Å²) in [5.41, 5.74) is 0. The van der Waals surface area contributed by atoms with Crippen LogP contribution in [0.5, 0.6) is 0 Å². The maximum absolute atomic E-state index is 8.40. The molecule has 1 aromatic carbocycles. The van der Waals surface area contributed by atoms with Crippen LogP contribution in [0.4, 0.5) is 0 Å².